The van der Waals surface area contributed by atoms with E-state index < -0.39 is 0 Å². The number of fused-ring (bicyclic) bond motifs is 3. The zero-order chi connectivity index (χ0) is 22.2. The van der Waals surface area contributed by atoms with Gasteiger partial charge in [-0.1, -0.05) is 0 Å². The lowest BCUT2D eigenvalue weighted by Crippen LogP contribution is -2.24. The number of aromatic amines is 1. The molecule has 32 heavy (non-hydrogen) atoms. The highest BCUT2D eigenvalue weighted by atomic mass is 32.2. The second-order valence-corrected chi connectivity index (χ2v) is 10.3. The number of hydrogen-bond acceptors (Lipinski definition) is 6. The highest BCUT2D eigenvalue weighted by molar-refractivity contribution is 7.99. The van der Waals surface area contributed by atoms with Gasteiger partial charge >= 0.3 is 0 Å². The van der Waals surface area contributed by atoms with Crippen LogP contribution in [0.2, 0.25) is 0 Å². The van der Waals surface area contributed by atoms with E-state index in [1.54, 1.807) is 11.3 Å². The zero-order valence-corrected chi connectivity index (χ0v) is 19.5. The predicted octanol–water partition coefficient (Wildman–Crippen LogP) is 3.78. The average Bonchev–Trinajstić information content (AvgIpc) is 3.44. The van der Waals surface area contributed by atoms with Crippen molar-refractivity contribution in [2.24, 2.45) is 0 Å². The van der Waals surface area contributed by atoms with Gasteiger partial charge < -0.3 is 15.2 Å². The van der Waals surface area contributed by atoms with Gasteiger partial charge in [0.15, 0.2) is 0 Å². The van der Waals surface area contributed by atoms with E-state index in [0.29, 0.717) is 23.7 Å². The first kappa shape index (κ1) is 21.2. The number of nitrogens with one attached hydrogen (secondary N) is 2. The molecule has 1 aliphatic carbocycles. The smallest absolute Gasteiger partial charge is 0.259 e. The number of amides is 2. The number of thioether (sulfide) groups is 1. The molecule has 0 spiro atoms. The van der Waals surface area contributed by atoms with Crippen LogP contribution >= 0.6 is 23.1 Å². The Morgan fingerprint density at radius 2 is 2.12 bits per heavy atom. The third kappa shape index (κ3) is 4.06. The molecule has 2 aromatic heterocycles. The molecule has 0 saturated carbocycles. The predicted molar refractivity (Wildman–Crippen MR) is 130 cm³/mol. The van der Waals surface area contributed by atoms with Gasteiger partial charge in [-0.05, 0) is 61.9 Å². The summed E-state index contributed by atoms with van der Waals surface area (Å²) in [6, 6.07) is 5.62. The molecule has 5 rings (SSSR count). The third-order valence-electron chi connectivity index (χ3n) is 5.94. The maximum absolute atomic E-state index is 12.5. The monoisotopic (exact) mass is 468 g/mol. The summed E-state index contributed by atoms with van der Waals surface area (Å²) in [6.07, 6.45) is 4.59. The van der Waals surface area contributed by atoms with Gasteiger partial charge in [0.05, 0.1) is 16.9 Å². The second kappa shape index (κ2) is 8.71. The standard InChI is InChI=1S/C23H24N4O3S2/c1-13-10-14(7-8-16(13)27-9-3-6-20(27)29)24-19(28)12-31-11-18-25-22(30)21-15-4-2-5-17(15)32-23(21)26-18/h7-8,10H,2-6,9,11-12H2,1H3,(H,24,28)(H,25,26,30). The molecule has 2 aliphatic rings. The van der Waals surface area contributed by atoms with Crippen molar-refractivity contribution in [1.29, 1.82) is 0 Å². The van der Waals surface area contributed by atoms with Crippen molar-refractivity contribution in [2.75, 3.05) is 22.5 Å². The molecule has 1 aromatic carbocycles. The number of carbonyl (C=O) groups excluding carboxylic acids is 2. The molecule has 1 fully saturated rings. The topological polar surface area (TPSA) is 95.2 Å². The van der Waals surface area contributed by atoms with E-state index in [2.05, 4.69) is 15.3 Å². The van der Waals surface area contributed by atoms with Gasteiger partial charge in [0, 0.05) is 29.2 Å². The molecule has 0 radical (unpaired) electrons. The summed E-state index contributed by atoms with van der Waals surface area (Å²) in [5, 5.41) is 3.66. The van der Waals surface area contributed by atoms with Crippen molar-refractivity contribution in [2.45, 2.75) is 44.8 Å². The van der Waals surface area contributed by atoms with Gasteiger partial charge in [-0.2, -0.15) is 0 Å². The number of aromatic nitrogens is 2. The summed E-state index contributed by atoms with van der Waals surface area (Å²) < 4.78 is 0. The summed E-state index contributed by atoms with van der Waals surface area (Å²) in [5.74, 6) is 1.37. The van der Waals surface area contributed by atoms with E-state index in [0.717, 1.165) is 53.7 Å². The SMILES string of the molecule is Cc1cc(NC(=O)CSCc2nc3sc4c(c3c(=O)[nH]2)CCC4)ccc1N1CCCC1=O. The number of hydrogen-bond donors (Lipinski definition) is 2. The summed E-state index contributed by atoms with van der Waals surface area (Å²) in [5.41, 5.74) is 3.69. The molecule has 2 amide bonds. The number of rotatable bonds is 6. The molecule has 1 saturated heterocycles. The van der Waals surface area contributed by atoms with E-state index in [4.69, 9.17) is 0 Å². The lowest BCUT2D eigenvalue weighted by Gasteiger charge is -2.19. The van der Waals surface area contributed by atoms with Crippen LogP contribution in [-0.2, 0) is 28.2 Å². The molecule has 3 heterocycles. The number of nitrogens with zero attached hydrogens (tertiary/aromatic N) is 2. The third-order valence-corrected chi connectivity index (χ3v) is 8.07. The van der Waals surface area contributed by atoms with E-state index in [9.17, 15) is 14.4 Å². The van der Waals surface area contributed by atoms with E-state index in [1.807, 2.05) is 30.0 Å². The number of carbonyl (C=O) groups is 2. The first-order valence-corrected chi connectivity index (χ1v) is 12.8. The molecule has 0 bridgehead atoms. The Bertz CT molecular complexity index is 1280. The maximum Gasteiger partial charge on any atom is 0.259 e. The largest absolute Gasteiger partial charge is 0.325 e. The fraction of sp³-hybridized carbons (Fsp3) is 0.391. The van der Waals surface area contributed by atoms with Crippen LogP contribution in [0, 0.1) is 6.92 Å². The van der Waals surface area contributed by atoms with Crippen molar-refractivity contribution in [3.63, 3.8) is 0 Å². The van der Waals surface area contributed by atoms with Crippen LogP contribution < -0.4 is 15.8 Å². The first-order valence-electron chi connectivity index (χ1n) is 10.8. The molecule has 9 heteroatoms. The van der Waals surface area contributed by atoms with Crippen LogP contribution in [-0.4, -0.2) is 34.1 Å². The summed E-state index contributed by atoms with van der Waals surface area (Å²) in [4.78, 5) is 48.3. The number of H-pyrrole nitrogens is 1. The molecular weight excluding hydrogens is 444 g/mol. The van der Waals surface area contributed by atoms with Crippen molar-refractivity contribution in [3.05, 3.63) is 50.4 Å². The van der Waals surface area contributed by atoms with Crippen LogP contribution in [0.1, 0.15) is 41.1 Å². The van der Waals surface area contributed by atoms with Gasteiger partial charge in [-0.15, -0.1) is 23.1 Å². The number of anilines is 2. The van der Waals surface area contributed by atoms with Crippen molar-refractivity contribution >= 4 is 56.5 Å². The van der Waals surface area contributed by atoms with E-state index in [1.165, 1.54) is 22.2 Å². The van der Waals surface area contributed by atoms with Crippen molar-refractivity contribution in [1.82, 2.24) is 9.97 Å². The second-order valence-electron chi connectivity index (χ2n) is 8.24. The summed E-state index contributed by atoms with van der Waals surface area (Å²) in [7, 11) is 0. The Morgan fingerprint density at radius 1 is 1.25 bits per heavy atom. The molecular formula is C23H24N4O3S2. The summed E-state index contributed by atoms with van der Waals surface area (Å²) in [6.45, 7) is 2.70. The van der Waals surface area contributed by atoms with Crippen LogP contribution in [0.25, 0.3) is 10.2 Å². The highest BCUT2D eigenvalue weighted by Gasteiger charge is 2.23. The molecule has 1 aliphatic heterocycles. The van der Waals surface area contributed by atoms with Crippen LogP contribution in [0.3, 0.4) is 0 Å². The quantitative estimate of drug-likeness (QED) is 0.574. The van der Waals surface area contributed by atoms with Gasteiger partial charge in [-0.25, -0.2) is 4.98 Å². The molecule has 2 N–H and O–H groups in total. The normalized spacial score (nSPS) is 15.5. The molecule has 0 unspecified atom stereocenters. The van der Waals surface area contributed by atoms with Gasteiger partial charge in [-0.3, -0.25) is 14.4 Å². The number of thiophene rings is 1. The lowest BCUT2D eigenvalue weighted by molar-refractivity contribution is -0.117. The zero-order valence-electron chi connectivity index (χ0n) is 17.8. The molecule has 3 aromatic rings. The van der Waals surface area contributed by atoms with Crippen molar-refractivity contribution in [3.8, 4) is 0 Å². The Morgan fingerprint density at radius 3 is 2.91 bits per heavy atom. The van der Waals surface area contributed by atoms with Gasteiger partial charge in [0.2, 0.25) is 11.8 Å². The Labute approximate surface area is 193 Å². The molecule has 166 valence electrons. The Balaban J connectivity index is 1.18. The van der Waals surface area contributed by atoms with Gasteiger partial charge in [0.1, 0.15) is 10.7 Å². The molecule has 0 atom stereocenters. The van der Waals surface area contributed by atoms with E-state index >= 15 is 0 Å². The fourth-order valence-electron chi connectivity index (χ4n) is 4.49. The fourth-order valence-corrected chi connectivity index (χ4v) is 6.46. The molecule has 7 nitrogen and oxygen atoms in total. The number of benzene rings is 1. The Hall–Kier alpha value is -2.65. The van der Waals surface area contributed by atoms with Crippen molar-refractivity contribution < 1.29 is 9.59 Å². The van der Waals surface area contributed by atoms with Gasteiger partial charge in [0.25, 0.3) is 5.56 Å². The highest BCUT2D eigenvalue weighted by Crippen LogP contribution is 2.34. The Kier molecular flexibility index (Phi) is 5.77. The first-order chi connectivity index (χ1) is 15.5. The minimum Gasteiger partial charge on any atom is -0.325 e. The lowest BCUT2D eigenvalue weighted by atomic mass is 10.1. The average molecular weight is 469 g/mol. The van der Waals surface area contributed by atoms with E-state index in [-0.39, 0.29) is 23.1 Å². The van der Waals surface area contributed by atoms with Crippen LogP contribution in [0.15, 0.2) is 23.0 Å². The minimum atomic E-state index is -0.113. The summed E-state index contributed by atoms with van der Waals surface area (Å²) >= 11 is 3.04. The van der Waals surface area contributed by atoms with Crippen LogP contribution in [0.4, 0.5) is 11.4 Å². The number of aryl methyl sites for hydroxylation is 3. The minimum absolute atomic E-state index is 0.0681. The van der Waals surface area contributed by atoms with Crippen LogP contribution in [0.5, 0.6) is 0 Å². The maximum atomic E-state index is 12.5.